The van der Waals surface area contributed by atoms with Gasteiger partial charge in [-0.05, 0) is 103 Å². The molecule has 6 rings (SSSR count). The molecule has 3 heteroatoms. The highest BCUT2D eigenvalue weighted by Gasteiger charge is 2.63. The molecule has 1 aromatic rings. The summed E-state index contributed by atoms with van der Waals surface area (Å²) in [6.07, 6.45) is 13.8. The van der Waals surface area contributed by atoms with Crippen LogP contribution < -0.4 is 5.63 Å². The molecule has 9 atom stereocenters. The number of epoxide rings is 1. The van der Waals surface area contributed by atoms with Crippen molar-refractivity contribution in [3.05, 3.63) is 34.4 Å². The van der Waals surface area contributed by atoms with Crippen LogP contribution in [0.4, 0.5) is 0 Å². The van der Waals surface area contributed by atoms with E-state index in [1.54, 1.807) is 12.3 Å². The van der Waals surface area contributed by atoms with Crippen LogP contribution in [0.25, 0.3) is 0 Å². The van der Waals surface area contributed by atoms with E-state index in [1.165, 1.54) is 56.9 Å². The molecule has 1 saturated heterocycles. The van der Waals surface area contributed by atoms with E-state index in [0.717, 1.165) is 23.7 Å². The lowest BCUT2D eigenvalue weighted by Crippen LogP contribution is -2.53. The normalized spacial score (nSPS) is 53.0. The Labute approximate surface area is 161 Å². The largest absolute Gasteiger partial charge is 0.431 e. The summed E-state index contributed by atoms with van der Waals surface area (Å²) in [5, 5.41) is 0. The molecule has 0 amide bonds. The van der Waals surface area contributed by atoms with Crippen LogP contribution in [0.2, 0.25) is 0 Å². The number of ether oxygens (including phenoxy) is 1. The molecule has 1 aromatic heterocycles. The number of hydrogen-bond donors (Lipinski definition) is 0. The highest BCUT2D eigenvalue weighted by atomic mass is 16.6. The summed E-state index contributed by atoms with van der Waals surface area (Å²) < 4.78 is 11.2. The van der Waals surface area contributed by atoms with Crippen molar-refractivity contribution in [1.82, 2.24) is 0 Å². The van der Waals surface area contributed by atoms with Crippen molar-refractivity contribution in [1.29, 1.82) is 0 Å². The predicted molar refractivity (Wildman–Crippen MR) is 103 cm³/mol. The summed E-state index contributed by atoms with van der Waals surface area (Å²) in [5.74, 6) is 4.07. The van der Waals surface area contributed by atoms with E-state index < -0.39 is 0 Å². The molecule has 2 heterocycles. The summed E-state index contributed by atoms with van der Waals surface area (Å²) in [6, 6.07) is 3.64. The summed E-state index contributed by atoms with van der Waals surface area (Å²) >= 11 is 0. The van der Waals surface area contributed by atoms with Gasteiger partial charge in [-0.15, -0.1) is 0 Å². The SMILES string of the molecule is C[C@]12CC[C@H]3[C@@H](CCC4CC5OC5C[C@@]43C)[C@@H]1CC[C@@H]2c1ccc(=O)oc1. The van der Waals surface area contributed by atoms with E-state index in [9.17, 15) is 4.79 Å². The Morgan fingerprint density at radius 3 is 2.63 bits per heavy atom. The first-order valence-electron chi connectivity index (χ1n) is 11.2. The highest BCUT2D eigenvalue weighted by molar-refractivity contribution is 5.22. The van der Waals surface area contributed by atoms with Crippen LogP contribution in [0.5, 0.6) is 0 Å². The van der Waals surface area contributed by atoms with Gasteiger partial charge >= 0.3 is 5.63 Å². The molecule has 4 aliphatic carbocycles. The third-order valence-corrected chi connectivity index (χ3v) is 10.0. The molecule has 27 heavy (non-hydrogen) atoms. The first-order chi connectivity index (χ1) is 13.0. The minimum atomic E-state index is -0.230. The van der Waals surface area contributed by atoms with Gasteiger partial charge in [-0.1, -0.05) is 13.8 Å². The smallest absolute Gasteiger partial charge is 0.335 e. The van der Waals surface area contributed by atoms with Gasteiger partial charge in [0.15, 0.2) is 0 Å². The van der Waals surface area contributed by atoms with Gasteiger partial charge in [-0.3, -0.25) is 0 Å². The standard InChI is InChI=1S/C24H32O3/c1-23-10-9-19-16(5-4-15-11-20-21(27-20)12-24(15,19)2)18(23)7-6-17(23)14-3-8-22(25)26-13-14/h3,8,13,15-21H,4-7,9-12H2,1-2H3/t15?,16-,17+,18-,19-,20?,21?,23+,24-/m0/s1. The summed E-state index contributed by atoms with van der Waals surface area (Å²) in [4.78, 5) is 11.4. The van der Waals surface area contributed by atoms with E-state index in [4.69, 9.17) is 9.15 Å². The van der Waals surface area contributed by atoms with Crippen molar-refractivity contribution in [3.8, 4) is 0 Å². The predicted octanol–water partition coefficient (Wildman–Crippen LogP) is 5.14. The Bertz CT molecular complexity index is 794. The molecular formula is C24H32O3. The van der Waals surface area contributed by atoms with Crippen LogP contribution in [0.15, 0.2) is 27.6 Å². The first-order valence-corrected chi connectivity index (χ1v) is 11.2. The van der Waals surface area contributed by atoms with Gasteiger partial charge in [0.1, 0.15) is 0 Å². The van der Waals surface area contributed by atoms with Crippen molar-refractivity contribution < 1.29 is 9.15 Å². The molecule has 146 valence electrons. The van der Waals surface area contributed by atoms with E-state index in [1.807, 2.05) is 6.07 Å². The molecule has 5 aliphatic rings. The Balaban J connectivity index is 1.31. The molecule has 3 nitrogen and oxygen atoms in total. The molecule has 4 saturated carbocycles. The molecule has 0 bridgehead atoms. The first kappa shape index (κ1) is 16.8. The molecule has 1 aliphatic heterocycles. The molecule has 5 fully saturated rings. The lowest BCUT2D eigenvalue weighted by atomic mass is 9.45. The second-order valence-corrected chi connectivity index (χ2v) is 10.9. The third kappa shape index (κ3) is 2.27. The minimum Gasteiger partial charge on any atom is -0.431 e. The molecule has 0 N–H and O–H groups in total. The van der Waals surface area contributed by atoms with Crippen molar-refractivity contribution in [2.45, 2.75) is 83.3 Å². The molecule has 0 spiro atoms. The lowest BCUT2D eigenvalue weighted by Gasteiger charge is -2.60. The van der Waals surface area contributed by atoms with E-state index in [0.29, 0.717) is 29.0 Å². The van der Waals surface area contributed by atoms with Gasteiger partial charge in [0.05, 0.1) is 18.5 Å². The van der Waals surface area contributed by atoms with Crippen LogP contribution in [-0.2, 0) is 4.74 Å². The fourth-order valence-electron chi connectivity index (χ4n) is 8.63. The van der Waals surface area contributed by atoms with E-state index in [-0.39, 0.29) is 5.63 Å². The fraction of sp³-hybridized carbons (Fsp3) is 0.792. The minimum absolute atomic E-state index is 0.230. The van der Waals surface area contributed by atoms with Gasteiger partial charge in [0, 0.05) is 6.07 Å². The van der Waals surface area contributed by atoms with Gasteiger partial charge < -0.3 is 9.15 Å². The highest BCUT2D eigenvalue weighted by Crippen LogP contribution is 2.70. The van der Waals surface area contributed by atoms with E-state index >= 15 is 0 Å². The number of hydrogen-bond acceptors (Lipinski definition) is 3. The average Bonchev–Trinajstić information content (AvgIpc) is 3.30. The molecule has 0 radical (unpaired) electrons. The maximum atomic E-state index is 11.4. The molecule has 0 aromatic carbocycles. The van der Waals surface area contributed by atoms with Crippen molar-refractivity contribution >= 4 is 0 Å². The zero-order valence-electron chi connectivity index (χ0n) is 16.7. The maximum Gasteiger partial charge on any atom is 0.335 e. The molecule has 3 unspecified atom stereocenters. The van der Waals surface area contributed by atoms with Gasteiger partial charge in [0.2, 0.25) is 0 Å². The zero-order valence-corrected chi connectivity index (χ0v) is 16.7. The van der Waals surface area contributed by atoms with Crippen LogP contribution >= 0.6 is 0 Å². The Morgan fingerprint density at radius 2 is 1.81 bits per heavy atom. The average molecular weight is 369 g/mol. The summed E-state index contributed by atoms with van der Waals surface area (Å²) in [7, 11) is 0. The monoisotopic (exact) mass is 368 g/mol. The Hall–Kier alpha value is -1.09. The quantitative estimate of drug-likeness (QED) is 0.644. The third-order valence-electron chi connectivity index (χ3n) is 10.0. The van der Waals surface area contributed by atoms with Crippen molar-refractivity contribution in [2.24, 2.45) is 34.5 Å². The van der Waals surface area contributed by atoms with E-state index in [2.05, 4.69) is 13.8 Å². The van der Waals surface area contributed by atoms with Crippen LogP contribution in [0.3, 0.4) is 0 Å². The van der Waals surface area contributed by atoms with Crippen LogP contribution in [0.1, 0.15) is 76.7 Å². The van der Waals surface area contributed by atoms with Gasteiger partial charge in [-0.2, -0.15) is 0 Å². The lowest BCUT2D eigenvalue weighted by molar-refractivity contribution is -0.101. The number of rotatable bonds is 1. The summed E-state index contributed by atoms with van der Waals surface area (Å²) in [5.41, 5.74) is 1.91. The maximum absolute atomic E-state index is 11.4. The van der Waals surface area contributed by atoms with Crippen molar-refractivity contribution in [2.75, 3.05) is 0 Å². The van der Waals surface area contributed by atoms with Gasteiger partial charge in [0.25, 0.3) is 0 Å². The van der Waals surface area contributed by atoms with Crippen molar-refractivity contribution in [3.63, 3.8) is 0 Å². The Morgan fingerprint density at radius 1 is 0.963 bits per heavy atom. The topological polar surface area (TPSA) is 42.7 Å². The summed E-state index contributed by atoms with van der Waals surface area (Å²) in [6.45, 7) is 5.17. The zero-order chi connectivity index (χ0) is 18.4. The van der Waals surface area contributed by atoms with Crippen LogP contribution in [-0.4, -0.2) is 12.2 Å². The Kier molecular flexibility index (Phi) is 3.42. The second kappa shape index (κ2) is 5.49. The fourth-order valence-corrected chi connectivity index (χ4v) is 8.63. The molecular weight excluding hydrogens is 336 g/mol. The van der Waals surface area contributed by atoms with Gasteiger partial charge in [-0.25, -0.2) is 4.79 Å². The van der Waals surface area contributed by atoms with Crippen LogP contribution in [0, 0.1) is 34.5 Å². The number of fused-ring (bicyclic) bond motifs is 6. The second-order valence-electron chi connectivity index (χ2n) is 10.9.